The largest absolute Gasteiger partial charge is 0.393 e. The molecular formula is C13H26OSi. The van der Waals surface area contributed by atoms with E-state index in [2.05, 4.69) is 31.4 Å². The lowest BCUT2D eigenvalue weighted by molar-refractivity contribution is 0.0874. The van der Waals surface area contributed by atoms with Crippen molar-refractivity contribution in [3.63, 3.8) is 0 Å². The fourth-order valence-corrected chi connectivity index (χ4v) is 3.12. The Morgan fingerprint density at radius 3 is 2.33 bits per heavy atom. The van der Waals surface area contributed by atoms with Gasteiger partial charge in [0, 0.05) is 0 Å². The van der Waals surface area contributed by atoms with Gasteiger partial charge in [-0.1, -0.05) is 50.7 Å². The van der Waals surface area contributed by atoms with Gasteiger partial charge in [0.25, 0.3) is 0 Å². The minimum absolute atomic E-state index is 0.0853. The van der Waals surface area contributed by atoms with Gasteiger partial charge >= 0.3 is 0 Å². The van der Waals surface area contributed by atoms with Crippen LogP contribution in [-0.4, -0.2) is 19.3 Å². The van der Waals surface area contributed by atoms with E-state index in [1.165, 1.54) is 32.1 Å². The fourth-order valence-electron chi connectivity index (χ4n) is 2.27. The molecule has 0 heterocycles. The second kappa shape index (κ2) is 5.85. The van der Waals surface area contributed by atoms with E-state index in [-0.39, 0.29) is 6.10 Å². The second-order valence-corrected chi connectivity index (χ2v) is 11.0. The Balaban J connectivity index is 2.28. The summed E-state index contributed by atoms with van der Waals surface area (Å²) in [5, 5.41) is 10.0. The minimum Gasteiger partial charge on any atom is -0.393 e. The Kier molecular flexibility index (Phi) is 5.07. The average Bonchev–Trinajstić information content (AvgIpc) is 2.17. The van der Waals surface area contributed by atoms with Crippen LogP contribution in [0.1, 0.15) is 38.5 Å². The molecule has 1 unspecified atom stereocenters. The number of hydrogen-bond donors (Lipinski definition) is 1. The molecule has 0 aromatic heterocycles. The lowest BCUT2D eigenvalue weighted by Crippen LogP contribution is -2.22. The van der Waals surface area contributed by atoms with Crippen LogP contribution < -0.4 is 0 Å². The van der Waals surface area contributed by atoms with Crippen LogP contribution in [0.15, 0.2) is 11.8 Å². The lowest BCUT2D eigenvalue weighted by atomic mass is 9.84. The molecule has 1 aliphatic rings. The molecule has 1 atom stereocenters. The van der Waals surface area contributed by atoms with Gasteiger partial charge in [0.05, 0.1) is 14.2 Å². The Morgan fingerprint density at radius 1 is 1.20 bits per heavy atom. The summed E-state index contributed by atoms with van der Waals surface area (Å²) in [5.41, 5.74) is 2.35. The topological polar surface area (TPSA) is 20.2 Å². The standard InChI is InChI=1S/C13H26OSi/c1-15(2,3)11-7-10-13(14)12-8-5-4-6-9-12/h7,11-14H,4-6,8-10H2,1-3H3/b11-7+. The molecule has 1 rings (SSSR count). The van der Waals surface area contributed by atoms with Crippen molar-refractivity contribution in [1.82, 2.24) is 0 Å². The maximum Gasteiger partial charge on any atom is 0.0682 e. The molecule has 2 heteroatoms. The third kappa shape index (κ3) is 5.52. The van der Waals surface area contributed by atoms with Crippen molar-refractivity contribution >= 4 is 8.07 Å². The van der Waals surface area contributed by atoms with Crippen LogP contribution >= 0.6 is 0 Å². The van der Waals surface area contributed by atoms with Gasteiger partial charge in [0.15, 0.2) is 0 Å². The van der Waals surface area contributed by atoms with Gasteiger partial charge < -0.3 is 5.11 Å². The van der Waals surface area contributed by atoms with Gasteiger partial charge in [-0.05, 0) is 25.2 Å². The van der Waals surface area contributed by atoms with Crippen LogP contribution in [0, 0.1) is 5.92 Å². The normalized spacial score (nSPS) is 22.1. The first-order valence-corrected chi connectivity index (χ1v) is 9.92. The predicted molar refractivity (Wildman–Crippen MR) is 69.7 cm³/mol. The highest BCUT2D eigenvalue weighted by molar-refractivity contribution is 6.80. The van der Waals surface area contributed by atoms with E-state index in [1.54, 1.807) is 0 Å². The number of rotatable bonds is 4. The van der Waals surface area contributed by atoms with E-state index < -0.39 is 8.07 Å². The summed E-state index contributed by atoms with van der Waals surface area (Å²) in [6.45, 7) is 6.99. The molecule has 0 saturated heterocycles. The van der Waals surface area contributed by atoms with Crippen LogP contribution in [0.25, 0.3) is 0 Å². The summed E-state index contributed by atoms with van der Waals surface area (Å²) >= 11 is 0. The van der Waals surface area contributed by atoms with Crippen LogP contribution in [0.5, 0.6) is 0 Å². The summed E-state index contributed by atoms with van der Waals surface area (Å²) in [5.74, 6) is 0.574. The Morgan fingerprint density at radius 2 is 1.80 bits per heavy atom. The first-order valence-electron chi connectivity index (χ1n) is 6.35. The van der Waals surface area contributed by atoms with Gasteiger partial charge in [0.1, 0.15) is 0 Å². The Bertz CT molecular complexity index is 199. The third-order valence-electron chi connectivity index (χ3n) is 3.19. The molecule has 0 radical (unpaired) electrons. The Labute approximate surface area is 95.6 Å². The zero-order valence-electron chi connectivity index (χ0n) is 10.5. The van der Waals surface area contributed by atoms with Gasteiger partial charge in [0.2, 0.25) is 0 Å². The van der Waals surface area contributed by atoms with E-state index in [1.807, 2.05) is 0 Å². The molecule has 1 fully saturated rings. The van der Waals surface area contributed by atoms with Crippen LogP contribution in [-0.2, 0) is 0 Å². The summed E-state index contributed by atoms with van der Waals surface area (Å²) in [6, 6.07) is 0. The molecule has 0 aromatic rings. The monoisotopic (exact) mass is 226 g/mol. The van der Waals surface area contributed by atoms with Gasteiger partial charge in [-0.25, -0.2) is 0 Å². The van der Waals surface area contributed by atoms with Gasteiger partial charge in [-0.15, -0.1) is 0 Å². The van der Waals surface area contributed by atoms with Crippen molar-refractivity contribution in [2.45, 2.75) is 64.3 Å². The maximum atomic E-state index is 10.0. The maximum absolute atomic E-state index is 10.0. The Hall–Kier alpha value is -0.0831. The molecule has 0 bridgehead atoms. The molecule has 88 valence electrons. The first-order chi connectivity index (χ1) is 6.99. The van der Waals surface area contributed by atoms with Crippen molar-refractivity contribution < 1.29 is 5.11 Å². The third-order valence-corrected chi connectivity index (χ3v) is 4.43. The molecular weight excluding hydrogens is 200 g/mol. The first kappa shape index (κ1) is 13.0. The molecule has 1 aliphatic carbocycles. The SMILES string of the molecule is C[Si](C)(C)/C=C/CC(O)C1CCCCC1. The molecule has 1 N–H and O–H groups in total. The number of hydrogen-bond acceptors (Lipinski definition) is 1. The number of aliphatic hydroxyl groups excluding tert-OH is 1. The van der Waals surface area contributed by atoms with Crippen molar-refractivity contribution in [2.24, 2.45) is 5.92 Å². The molecule has 0 aliphatic heterocycles. The molecule has 1 nitrogen and oxygen atoms in total. The summed E-state index contributed by atoms with van der Waals surface area (Å²) in [7, 11) is -1.07. The molecule has 0 amide bonds. The average molecular weight is 226 g/mol. The van der Waals surface area contributed by atoms with Gasteiger partial charge in [-0.2, -0.15) is 0 Å². The van der Waals surface area contributed by atoms with Crippen LogP contribution in [0.4, 0.5) is 0 Å². The van der Waals surface area contributed by atoms with E-state index in [0.29, 0.717) is 5.92 Å². The zero-order valence-corrected chi connectivity index (χ0v) is 11.5. The highest BCUT2D eigenvalue weighted by atomic mass is 28.3. The summed E-state index contributed by atoms with van der Waals surface area (Å²) < 4.78 is 0. The molecule has 0 spiro atoms. The van der Waals surface area contributed by atoms with E-state index >= 15 is 0 Å². The highest BCUT2D eigenvalue weighted by Gasteiger charge is 2.20. The number of aliphatic hydroxyl groups is 1. The van der Waals surface area contributed by atoms with Crippen molar-refractivity contribution in [2.75, 3.05) is 0 Å². The predicted octanol–water partition coefficient (Wildman–Crippen LogP) is 3.75. The van der Waals surface area contributed by atoms with E-state index in [4.69, 9.17) is 0 Å². The molecule has 15 heavy (non-hydrogen) atoms. The van der Waals surface area contributed by atoms with Crippen LogP contribution in [0.2, 0.25) is 19.6 Å². The fraction of sp³-hybridized carbons (Fsp3) is 0.846. The van der Waals surface area contributed by atoms with Crippen molar-refractivity contribution in [3.8, 4) is 0 Å². The van der Waals surface area contributed by atoms with Crippen molar-refractivity contribution in [1.29, 1.82) is 0 Å². The smallest absolute Gasteiger partial charge is 0.0682 e. The summed E-state index contributed by atoms with van der Waals surface area (Å²) in [4.78, 5) is 0. The van der Waals surface area contributed by atoms with Gasteiger partial charge in [-0.3, -0.25) is 0 Å². The minimum atomic E-state index is -1.07. The zero-order chi connectivity index (χ0) is 11.3. The summed E-state index contributed by atoms with van der Waals surface area (Å²) in [6.07, 6.45) is 9.48. The quantitative estimate of drug-likeness (QED) is 0.724. The van der Waals surface area contributed by atoms with Crippen LogP contribution in [0.3, 0.4) is 0 Å². The molecule has 0 aromatic carbocycles. The van der Waals surface area contributed by atoms with E-state index in [0.717, 1.165) is 6.42 Å². The second-order valence-electron chi connectivity index (χ2n) is 5.97. The highest BCUT2D eigenvalue weighted by Crippen LogP contribution is 2.27. The van der Waals surface area contributed by atoms with Crippen molar-refractivity contribution in [3.05, 3.63) is 11.8 Å². The lowest BCUT2D eigenvalue weighted by Gasteiger charge is -2.25. The molecule has 1 saturated carbocycles. The van der Waals surface area contributed by atoms with E-state index in [9.17, 15) is 5.11 Å².